The van der Waals surface area contributed by atoms with Crippen molar-refractivity contribution in [3.63, 3.8) is 0 Å². The molecule has 2 heterocycles. The molecule has 0 aliphatic carbocycles. The molecule has 3 N–H and O–H groups in total. The summed E-state index contributed by atoms with van der Waals surface area (Å²) in [6.45, 7) is 1.48. The number of nitrogens with two attached hydrogens (primary N) is 1. The fraction of sp³-hybridized carbons (Fsp3) is 0.250. The Labute approximate surface area is 168 Å². The fourth-order valence-corrected chi connectivity index (χ4v) is 3.86. The van der Waals surface area contributed by atoms with Gasteiger partial charge in [-0.05, 0) is 48.0 Å². The van der Waals surface area contributed by atoms with Crippen LogP contribution in [-0.2, 0) is 22.2 Å². The largest absolute Gasteiger partial charge is 0.383 e. The quantitative estimate of drug-likeness (QED) is 0.551. The van der Waals surface area contributed by atoms with E-state index in [1.165, 1.54) is 29.9 Å². The van der Waals surface area contributed by atoms with Gasteiger partial charge in [0.25, 0.3) is 0 Å². The number of rotatable bonds is 6. The zero-order chi connectivity index (χ0) is 20.5. The third kappa shape index (κ3) is 4.95. The zero-order valence-corrected chi connectivity index (χ0v) is 17.0. The van der Waals surface area contributed by atoms with Crippen molar-refractivity contribution in [2.75, 3.05) is 5.75 Å². The van der Waals surface area contributed by atoms with Crippen molar-refractivity contribution in [2.45, 2.75) is 19.1 Å². The Bertz CT molecular complexity index is 1120. The lowest BCUT2D eigenvalue weighted by Crippen LogP contribution is -2.35. The van der Waals surface area contributed by atoms with Crippen LogP contribution >= 0.6 is 15.9 Å². The molecule has 3 aromatic rings. The summed E-state index contributed by atoms with van der Waals surface area (Å²) in [4.78, 5) is 5.50. The summed E-state index contributed by atoms with van der Waals surface area (Å²) < 4.78 is 36.8. The van der Waals surface area contributed by atoms with Crippen LogP contribution in [0.5, 0.6) is 0 Å². The van der Waals surface area contributed by atoms with Gasteiger partial charge in [0.2, 0.25) is 15.8 Å². The Morgan fingerprint density at radius 2 is 2.07 bits per heavy atom. The Morgan fingerprint density at radius 3 is 2.79 bits per heavy atom. The fourth-order valence-electron chi connectivity index (χ4n) is 2.55. The summed E-state index contributed by atoms with van der Waals surface area (Å²) in [7, 11) is -3.92. The first kappa shape index (κ1) is 20.5. The van der Waals surface area contributed by atoms with Gasteiger partial charge in [-0.2, -0.15) is 4.80 Å². The molecule has 0 bridgehead atoms. The van der Waals surface area contributed by atoms with Crippen molar-refractivity contribution in [1.82, 2.24) is 25.2 Å². The molecule has 9 nitrogen and oxygen atoms in total. The van der Waals surface area contributed by atoms with E-state index in [2.05, 4.69) is 36.3 Å². The molecule has 0 saturated carbocycles. The van der Waals surface area contributed by atoms with Crippen molar-refractivity contribution < 1.29 is 17.9 Å². The molecule has 12 heteroatoms. The van der Waals surface area contributed by atoms with Crippen LogP contribution in [0.1, 0.15) is 18.2 Å². The van der Waals surface area contributed by atoms with Crippen LogP contribution in [0, 0.1) is 5.82 Å². The van der Waals surface area contributed by atoms with Crippen molar-refractivity contribution in [1.29, 1.82) is 0 Å². The Hall–Kier alpha value is -2.28. The van der Waals surface area contributed by atoms with Gasteiger partial charge in [0.15, 0.2) is 0 Å². The Balaban J connectivity index is 1.87. The van der Waals surface area contributed by atoms with Crippen LogP contribution in [-0.4, -0.2) is 44.5 Å². The third-order valence-electron chi connectivity index (χ3n) is 3.78. The Morgan fingerprint density at radius 1 is 1.32 bits per heavy atom. The second-order valence-electron chi connectivity index (χ2n) is 6.37. The maximum atomic E-state index is 13.4. The molecule has 2 aromatic heterocycles. The summed E-state index contributed by atoms with van der Waals surface area (Å²) in [5, 5.41) is 27.5. The van der Waals surface area contributed by atoms with Crippen LogP contribution in [0.4, 0.5) is 4.39 Å². The maximum Gasteiger partial charge on any atom is 0.223 e. The number of sulfonamides is 1. The number of aliphatic hydroxyl groups is 1. The van der Waals surface area contributed by atoms with E-state index in [4.69, 9.17) is 5.14 Å². The topological polar surface area (TPSA) is 137 Å². The highest BCUT2D eigenvalue weighted by atomic mass is 79.9. The molecule has 0 amide bonds. The van der Waals surface area contributed by atoms with E-state index < -0.39 is 21.4 Å². The zero-order valence-electron chi connectivity index (χ0n) is 14.6. The summed E-state index contributed by atoms with van der Waals surface area (Å²) in [5.41, 5.74) is -0.770. The molecule has 1 unspecified atom stereocenters. The number of halogens is 2. The molecule has 148 valence electrons. The number of primary sulfonamides is 1. The monoisotopic (exact) mass is 470 g/mol. The van der Waals surface area contributed by atoms with Gasteiger partial charge in [-0.15, -0.1) is 10.2 Å². The summed E-state index contributed by atoms with van der Waals surface area (Å²) >= 11 is 3.34. The number of benzene rings is 1. The number of hydrogen-bond donors (Lipinski definition) is 2. The minimum Gasteiger partial charge on any atom is -0.383 e. The van der Waals surface area contributed by atoms with Crippen molar-refractivity contribution in [2.24, 2.45) is 5.14 Å². The van der Waals surface area contributed by atoms with Crippen molar-refractivity contribution >= 4 is 26.0 Å². The molecule has 0 aliphatic heterocycles. The van der Waals surface area contributed by atoms with Crippen molar-refractivity contribution in [3.05, 3.63) is 57.9 Å². The highest BCUT2D eigenvalue weighted by Gasteiger charge is 2.30. The van der Waals surface area contributed by atoms with Crippen molar-refractivity contribution in [3.8, 4) is 11.5 Å². The van der Waals surface area contributed by atoms with E-state index in [0.717, 1.165) is 0 Å². The van der Waals surface area contributed by atoms with Gasteiger partial charge >= 0.3 is 0 Å². The highest BCUT2D eigenvalue weighted by Crippen LogP contribution is 2.23. The summed E-state index contributed by atoms with van der Waals surface area (Å²) in [5.74, 6) is -0.907. The first-order chi connectivity index (χ1) is 13.0. The van der Waals surface area contributed by atoms with Gasteiger partial charge in [0.1, 0.15) is 17.1 Å². The number of nitrogens with zero attached hydrogens (tertiary/aromatic N) is 5. The smallest absolute Gasteiger partial charge is 0.223 e. The maximum absolute atomic E-state index is 13.4. The van der Waals surface area contributed by atoms with Gasteiger partial charge < -0.3 is 5.11 Å². The second-order valence-corrected chi connectivity index (χ2v) is 8.84. The van der Waals surface area contributed by atoms with E-state index in [0.29, 0.717) is 10.0 Å². The highest BCUT2D eigenvalue weighted by molar-refractivity contribution is 9.10. The van der Waals surface area contributed by atoms with Gasteiger partial charge in [-0.1, -0.05) is 22.0 Å². The molecule has 0 radical (unpaired) electrons. The molecule has 0 saturated heterocycles. The van der Waals surface area contributed by atoms with Crippen LogP contribution in [0.25, 0.3) is 11.5 Å². The summed E-state index contributed by atoms with van der Waals surface area (Å²) in [6, 6.07) is 8.92. The minimum absolute atomic E-state index is 0.100. The molecular weight excluding hydrogens is 455 g/mol. The molecule has 0 fully saturated rings. The molecule has 28 heavy (non-hydrogen) atoms. The number of hydrogen-bond acceptors (Lipinski definition) is 7. The average molecular weight is 471 g/mol. The molecule has 1 atom stereocenters. The van der Waals surface area contributed by atoms with Crippen LogP contribution in [0.15, 0.2) is 40.9 Å². The Kier molecular flexibility index (Phi) is 5.57. The predicted molar refractivity (Wildman–Crippen MR) is 102 cm³/mol. The molecular formula is C16H16BrFN6O3S. The lowest BCUT2D eigenvalue weighted by atomic mass is 10.0. The van der Waals surface area contributed by atoms with Gasteiger partial charge in [-0.25, -0.2) is 22.9 Å². The number of aromatic nitrogens is 5. The number of tetrazole rings is 1. The molecule has 0 spiro atoms. The van der Waals surface area contributed by atoms with Crippen LogP contribution in [0.2, 0.25) is 0 Å². The van der Waals surface area contributed by atoms with Gasteiger partial charge in [0.05, 0.1) is 18.0 Å². The van der Waals surface area contributed by atoms with Crippen LogP contribution in [0.3, 0.4) is 0 Å². The van der Waals surface area contributed by atoms with Crippen LogP contribution < -0.4 is 5.14 Å². The van der Waals surface area contributed by atoms with E-state index in [1.807, 2.05) is 0 Å². The van der Waals surface area contributed by atoms with E-state index in [-0.39, 0.29) is 29.6 Å². The normalized spacial score (nSPS) is 14.0. The minimum atomic E-state index is -3.92. The second kappa shape index (κ2) is 7.62. The van der Waals surface area contributed by atoms with Gasteiger partial charge in [0, 0.05) is 4.47 Å². The van der Waals surface area contributed by atoms with Gasteiger partial charge in [-0.3, -0.25) is 0 Å². The first-order valence-corrected chi connectivity index (χ1v) is 10.5. The molecule has 0 aliphatic rings. The summed E-state index contributed by atoms with van der Waals surface area (Å²) in [6.07, 6.45) is 0. The SMILES string of the molecule is CC(O)(CS(N)(=O)=O)c1cccc(-c2nnn(Cc3cc(F)ccc3Br)n2)n1. The number of pyridine rings is 1. The average Bonchev–Trinajstić information content (AvgIpc) is 3.05. The first-order valence-electron chi connectivity index (χ1n) is 7.96. The third-order valence-corrected chi connectivity index (χ3v) is 5.52. The predicted octanol–water partition coefficient (Wildman–Crippen LogP) is 1.18. The van der Waals surface area contributed by atoms with E-state index in [1.54, 1.807) is 18.2 Å². The van der Waals surface area contributed by atoms with E-state index in [9.17, 15) is 17.9 Å². The lowest BCUT2D eigenvalue weighted by molar-refractivity contribution is 0.0773. The lowest BCUT2D eigenvalue weighted by Gasteiger charge is -2.21. The molecule has 3 rings (SSSR count). The standard InChI is InChI=1S/C16H16BrFN6O3S/c1-16(25,9-28(19,26)27)14-4-2-3-13(20-14)15-21-23-24(22-15)8-10-7-11(18)5-6-12(10)17/h2-7,25H,8-9H2,1H3,(H2,19,26,27). The van der Waals surface area contributed by atoms with E-state index >= 15 is 0 Å². The molecule has 1 aromatic carbocycles.